The molecule has 0 fully saturated rings. The Bertz CT molecular complexity index is 857. The first-order chi connectivity index (χ1) is 9.58. The van der Waals surface area contributed by atoms with Crippen LogP contribution in [0.3, 0.4) is 0 Å². The van der Waals surface area contributed by atoms with E-state index in [4.69, 9.17) is 23.2 Å². The molecule has 0 aliphatic heterocycles. The minimum Gasteiger partial charge on any atom is -0.268 e. The van der Waals surface area contributed by atoms with Gasteiger partial charge in [-0.25, -0.2) is 4.98 Å². The van der Waals surface area contributed by atoms with Crippen LogP contribution in [0, 0.1) is 6.92 Å². The second-order valence-corrected chi connectivity index (χ2v) is 5.26. The third-order valence-electron chi connectivity index (χ3n) is 3.07. The Kier molecular flexibility index (Phi) is 3.24. The van der Waals surface area contributed by atoms with Gasteiger partial charge in [-0.15, -0.1) is 0 Å². The van der Waals surface area contributed by atoms with Gasteiger partial charge in [0.15, 0.2) is 0 Å². The second kappa shape index (κ2) is 4.93. The second-order valence-electron chi connectivity index (χ2n) is 4.42. The molecule has 0 N–H and O–H groups in total. The number of aromatic nitrogens is 2. The molecule has 0 spiro atoms. The lowest BCUT2D eigenvalue weighted by Crippen LogP contribution is -2.22. The first-order valence-electron chi connectivity index (χ1n) is 6.02. The van der Waals surface area contributed by atoms with Gasteiger partial charge in [-0.1, -0.05) is 41.4 Å². The standard InChI is InChI=1S/C15H10Cl2N2O/c1-9-18-14-12(7-10(16)8-13(14)17)15(20)19(9)11-5-3-2-4-6-11/h2-8H,1H3. The molecule has 1 aromatic heterocycles. The summed E-state index contributed by atoms with van der Waals surface area (Å²) >= 11 is 12.1. The molecule has 1 heterocycles. The van der Waals surface area contributed by atoms with Gasteiger partial charge in [0.1, 0.15) is 5.82 Å². The van der Waals surface area contributed by atoms with Crippen LogP contribution in [0.15, 0.2) is 47.3 Å². The van der Waals surface area contributed by atoms with E-state index < -0.39 is 0 Å². The van der Waals surface area contributed by atoms with Crippen molar-refractivity contribution >= 4 is 34.1 Å². The molecular weight excluding hydrogens is 295 g/mol. The highest BCUT2D eigenvalue weighted by molar-refractivity contribution is 6.38. The molecule has 0 saturated carbocycles. The van der Waals surface area contributed by atoms with Crippen molar-refractivity contribution in [1.82, 2.24) is 9.55 Å². The molecule has 0 atom stereocenters. The number of benzene rings is 2. The third kappa shape index (κ3) is 2.09. The summed E-state index contributed by atoms with van der Waals surface area (Å²) in [5.74, 6) is 0.581. The SMILES string of the molecule is Cc1nc2c(Cl)cc(Cl)cc2c(=O)n1-c1ccccc1. The maximum atomic E-state index is 12.7. The zero-order valence-electron chi connectivity index (χ0n) is 10.6. The molecule has 2 aromatic carbocycles. The van der Waals surface area contributed by atoms with Crippen LogP contribution < -0.4 is 5.56 Å². The molecule has 0 radical (unpaired) electrons. The molecule has 5 heteroatoms. The van der Waals surface area contributed by atoms with Crippen molar-refractivity contribution in [2.45, 2.75) is 6.92 Å². The lowest BCUT2D eigenvalue weighted by atomic mass is 10.2. The fourth-order valence-electron chi connectivity index (χ4n) is 2.20. The predicted octanol–water partition coefficient (Wildman–Crippen LogP) is 4.00. The van der Waals surface area contributed by atoms with E-state index in [0.717, 1.165) is 5.69 Å². The maximum Gasteiger partial charge on any atom is 0.266 e. The van der Waals surface area contributed by atoms with Crippen LogP contribution in [0.1, 0.15) is 5.82 Å². The van der Waals surface area contributed by atoms with Crippen molar-refractivity contribution in [3.05, 3.63) is 68.7 Å². The Hall–Kier alpha value is -1.84. The van der Waals surface area contributed by atoms with Crippen molar-refractivity contribution in [3.63, 3.8) is 0 Å². The summed E-state index contributed by atoms with van der Waals surface area (Å²) in [4.78, 5) is 17.1. The van der Waals surface area contributed by atoms with Gasteiger partial charge in [-0.2, -0.15) is 0 Å². The Morgan fingerprint density at radius 1 is 1.10 bits per heavy atom. The van der Waals surface area contributed by atoms with Crippen LogP contribution in [-0.2, 0) is 0 Å². The summed E-state index contributed by atoms with van der Waals surface area (Å²) in [5, 5.41) is 1.22. The molecule has 0 bridgehead atoms. The zero-order valence-corrected chi connectivity index (χ0v) is 12.1. The molecule has 3 rings (SSSR count). The Balaban J connectivity index is 2.44. The summed E-state index contributed by atoms with van der Waals surface area (Å²) in [6.45, 7) is 1.78. The van der Waals surface area contributed by atoms with E-state index in [9.17, 15) is 4.79 Å². The topological polar surface area (TPSA) is 34.9 Å². The van der Waals surface area contributed by atoms with Gasteiger partial charge in [-0.05, 0) is 31.2 Å². The average molecular weight is 305 g/mol. The van der Waals surface area contributed by atoms with E-state index in [2.05, 4.69) is 4.98 Å². The normalized spacial score (nSPS) is 10.9. The van der Waals surface area contributed by atoms with Crippen molar-refractivity contribution < 1.29 is 0 Å². The van der Waals surface area contributed by atoms with E-state index in [1.807, 2.05) is 30.3 Å². The van der Waals surface area contributed by atoms with Crippen LogP contribution in [0.25, 0.3) is 16.6 Å². The van der Waals surface area contributed by atoms with E-state index >= 15 is 0 Å². The lowest BCUT2D eigenvalue weighted by molar-refractivity contribution is 0.895. The van der Waals surface area contributed by atoms with E-state index in [1.165, 1.54) is 0 Å². The number of hydrogen-bond donors (Lipinski definition) is 0. The number of halogens is 2. The Morgan fingerprint density at radius 2 is 1.80 bits per heavy atom. The van der Waals surface area contributed by atoms with Crippen molar-refractivity contribution in [2.24, 2.45) is 0 Å². The largest absolute Gasteiger partial charge is 0.268 e. The van der Waals surface area contributed by atoms with Crippen LogP contribution in [0.2, 0.25) is 10.0 Å². The third-order valence-corrected chi connectivity index (χ3v) is 3.58. The van der Waals surface area contributed by atoms with Crippen molar-refractivity contribution in [1.29, 1.82) is 0 Å². The molecule has 100 valence electrons. The highest BCUT2D eigenvalue weighted by Crippen LogP contribution is 2.25. The smallest absolute Gasteiger partial charge is 0.266 e. The molecule has 0 aliphatic rings. The number of para-hydroxylation sites is 1. The van der Waals surface area contributed by atoms with Crippen LogP contribution in [-0.4, -0.2) is 9.55 Å². The first kappa shape index (κ1) is 13.2. The van der Waals surface area contributed by atoms with E-state index in [1.54, 1.807) is 23.6 Å². The van der Waals surface area contributed by atoms with E-state index in [-0.39, 0.29) is 5.56 Å². The van der Waals surface area contributed by atoms with Crippen LogP contribution in [0.4, 0.5) is 0 Å². The lowest BCUT2D eigenvalue weighted by Gasteiger charge is -2.11. The molecule has 3 aromatic rings. The highest BCUT2D eigenvalue weighted by Gasteiger charge is 2.12. The van der Waals surface area contributed by atoms with Crippen LogP contribution in [0.5, 0.6) is 0 Å². The van der Waals surface area contributed by atoms with Gasteiger partial charge in [0, 0.05) is 5.02 Å². The summed E-state index contributed by atoms with van der Waals surface area (Å²) in [5.41, 5.74) is 1.06. The summed E-state index contributed by atoms with van der Waals surface area (Å²) in [6, 6.07) is 12.5. The van der Waals surface area contributed by atoms with Gasteiger partial charge >= 0.3 is 0 Å². The van der Waals surface area contributed by atoms with Crippen molar-refractivity contribution in [2.75, 3.05) is 0 Å². The number of rotatable bonds is 1. The summed E-state index contributed by atoms with van der Waals surface area (Å²) in [7, 11) is 0. The van der Waals surface area contributed by atoms with Gasteiger partial charge in [-0.3, -0.25) is 9.36 Å². The van der Waals surface area contributed by atoms with Gasteiger partial charge in [0.05, 0.1) is 21.6 Å². The van der Waals surface area contributed by atoms with Gasteiger partial charge in [0.2, 0.25) is 0 Å². The monoisotopic (exact) mass is 304 g/mol. The van der Waals surface area contributed by atoms with Crippen molar-refractivity contribution in [3.8, 4) is 5.69 Å². The molecule has 3 nitrogen and oxygen atoms in total. The molecule has 0 saturated heterocycles. The van der Waals surface area contributed by atoms with Gasteiger partial charge in [0.25, 0.3) is 5.56 Å². The quantitative estimate of drug-likeness (QED) is 0.681. The minimum atomic E-state index is -0.178. The van der Waals surface area contributed by atoms with Crippen LogP contribution >= 0.6 is 23.2 Å². The number of aryl methyl sites for hydroxylation is 1. The zero-order chi connectivity index (χ0) is 14.3. The molecular formula is C15H10Cl2N2O. The number of fused-ring (bicyclic) bond motifs is 1. The molecule has 20 heavy (non-hydrogen) atoms. The Morgan fingerprint density at radius 3 is 2.50 bits per heavy atom. The fraction of sp³-hybridized carbons (Fsp3) is 0.0667. The number of hydrogen-bond acceptors (Lipinski definition) is 2. The molecule has 0 aliphatic carbocycles. The minimum absolute atomic E-state index is 0.178. The summed E-state index contributed by atoms with van der Waals surface area (Å²) in [6.07, 6.45) is 0. The number of nitrogens with zero attached hydrogens (tertiary/aromatic N) is 2. The summed E-state index contributed by atoms with van der Waals surface area (Å²) < 4.78 is 1.55. The highest BCUT2D eigenvalue weighted by atomic mass is 35.5. The van der Waals surface area contributed by atoms with Gasteiger partial charge < -0.3 is 0 Å². The first-order valence-corrected chi connectivity index (χ1v) is 6.77. The fourth-order valence-corrected chi connectivity index (χ4v) is 2.74. The molecule has 0 amide bonds. The van der Waals surface area contributed by atoms with E-state index in [0.29, 0.717) is 26.8 Å². The molecule has 0 unspecified atom stereocenters. The predicted molar refractivity (Wildman–Crippen MR) is 82.1 cm³/mol. The average Bonchev–Trinajstić information content (AvgIpc) is 2.42. The Labute approximate surface area is 125 Å². The maximum absolute atomic E-state index is 12.7.